The van der Waals surface area contributed by atoms with Crippen LogP contribution in [0.1, 0.15) is 64.3 Å². The van der Waals surface area contributed by atoms with Crippen LogP contribution in [-0.4, -0.2) is 23.8 Å². The highest BCUT2D eigenvalue weighted by Crippen LogP contribution is 2.31. The minimum atomic E-state index is -0.638. The summed E-state index contributed by atoms with van der Waals surface area (Å²) in [5.74, 6) is 0.260. The lowest BCUT2D eigenvalue weighted by atomic mass is 9.87. The molecule has 0 radical (unpaired) electrons. The van der Waals surface area contributed by atoms with Gasteiger partial charge in [-0.25, -0.2) is 9.79 Å². The number of fused-ring (bicyclic) bond motifs is 1. The maximum atomic E-state index is 13.7. The number of nitrogens with zero attached hydrogens (tertiary/aromatic N) is 2. The normalized spacial score (nSPS) is 15.9. The quantitative estimate of drug-likeness (QED) is 0.464. The highest BCUT2D eigenvalue weighted by molar-refractivity contribution is 7.07. The fourth-order valence-electron chi connectivity index (χ4n) is 4.25. The molecule has 1 aliphatic rings. The van der Waals surface area contributed by atoms with Gasteiger partial charge in [-0.2, -0.15) is 0 Å². The number of allylic oxidation sites excluding steroid dienone is 1. The van der Waals surface area contributed by atoms with E-state index in [4.69, 9.17) is 9.47 Å². The summed E-state index contributed by atoms with van der Waals surface area (Å²) in [5, 5.41) is 0. The predicted molar refractivity (Wildman–Crippen MR) is 143 cm³/mol. The molecule has 1 aliphatic heterocycles. The zero-order chi connectivity index (χ0) is 26.0. The minimum Gasteiger partial charge on any atom is -0.494 e. The summed E-state index contributed by atoms with van der Waals surface area (Å²) in [6, 6.07) is 15.1. The second kappa shape index (κ2) is 10.3. The third-order valence-corrected chi connectivity index (χ3v) is 7.08. The topological polar surface area (TPSA) is 69.9 Å². The van der Waals surface area contributed by atoms with Crippen molar-refractivity contribution in [2.75, 3.05) is 13.2 Å². The molecule has 1 aromatic heterocycles. The number of ether oxygens (including phenoxy) is 2. The standard InChI is InChI=1S/C29H32N2O4S/c1-7-34-22-15-11-20(12-16-22)25-24(27(33)35-8-2)18(3)30-28-31(25)26(32)23(36-28)17-19-9-13-21(14-10-19)29(4,5)6/h9-17,25H,7-8H2,1-6H3/b23-17-/t25-/m0/s1. The zero-order valence-corrected chi connectivity index (χ0v) is 22.4. The molecule has 0 spiro atoms. The zero-order valence-electron chi connectivity index (χ0n) is 21.6. The van der Waals surface area contributed by atoms with E-state index in [1.807, 2.05) is 49.4 Å². The van der Waals surface area contributed by atoms with E-state index in [0.717, 1.165) is 16.9 Å². The van der Waals surface area contributed by atoms with Gasteiger partial charge in [-0.05, 0) is 61.1 Å². The molecule has 0 N–H and O–H groups in total. The maximum absolute atomic E-state index is 13.7. The molecule has 2 heterocycles. The Morgan fingerprint density at radius 1 is 1.06 bits per heavy atom. The van der Waals surface area contributed by atoms with Crippen molar-refractivity contribution in [2.45, 2.75) is 53.0 Å². The van der Waals surface area contributed by atoms with E-state index < -0.39 is 12.0 Å². The molecule has 4 rings (SSSR count). The molecule has 0 fully saturated rings. The fraction of sp³-hybridized carbons (Fsp3) is 0.345. The van der Waals surface area contributed by atoms with Crippen molar-refractivity contribution in [3.05, 3.63) is 96.2 Å². The Morgan fingerprint density at radius 3 is 2.31 bits per heavy atom. The van der Waals surface area contributed by atoms with E-state index in [1.165, 1.54) is 16.9 Å². The van der Waals surface area contributed by atoms with Crippen molar-refractivity contribution < 1.29 is 14.3 Å². The average molecular weight is 505 g/mol. The molecule has 0 amide bonds. The first-order valence-corrected chi connectivity index (χ1v) is 13.0. The summed E-state index contributed by atoms with van der Waals surface area (Å²) < 4.78 is 13.1. The first kappa shape index (κ1) is 25.6. The summed E-state index contributed by atoms with van der Waals surface area (Å²) in [4.78, 5) is 31.9. The Balaban J connectivity index is 1.86. The van der Waals surface area contributed by atoms with E-state index in [0.29, 0.717) is 27.2 Å². The molecule has 6 nitrogen and oxygen atoms in total. The van der Waals surface area contributed by atoms with E-state index in [-0.39, 0.29) is 17.6 Å². The lowest BCUT2D eigenvalue weighted by Gasteiger charge is -2.24. The lowest BCUT2D eigenvalue weighted by Crippen LogP contribution is -2.39. The monoisotopic (exact) mass is 504 g/mol. The number of hydrogen-bond acceptors (Lipinski definition) is 6. The second-order valence-electron chi connectivity index (χ2n) is 9.68. The highest BCUT2D eigenvalue weighted by atomic mass is 32.1. The van der Waals surface area contributed by atoms with Gasteiger partial charge in [0.25, 0.3) is 5.56 Å². The van der Waals surface area contributed by atoms with E-state index in [9.17, 15) is 9.59 Å². The Hall–Kier alpha value is -3.45. The summed E-state index contributed by atoms with van der Waals surface area (Å²) in [6.07, 6.45) is 1.88. The van der Waals surface area contributed by atoms with Crippen LogP contribution in [0.25, 0.3) is 6.08 Å². The van der Waals surface area contributed by atoms with Gasteiger partial charge < -0.3 is 9.47 Å². The molecule has 3 aromatic rings. The van der Waals surface area contributed by atoms with Gasteiger partial charge in [-0.1, -0.05) is 68.5 Å². The van der Waals surface area contributed by atoms with Crippen molar-refractivity contribution in [2.24, 2.45) is 4.99 Å². The molecule has 0 aliphatic carbocycles. The largest absolute Gasteiger partial charge is 0.494 e. The van der Waals surface area contributed by atoms with Gasteiger partial charge in [0.1, 0.15) is 5.75 Å². The maximum Gasteiger partial charge on any atom is 0.338 e. The molecular formula is C29H32N2O4S. The third-order valence-electron chi connectivity index (χ3n) is 6.10. The van der Waals surface area contributed by atoms with Gasteiger partial charge in [0.2, 0.25) is 0 Å². The first-order valence-electron chi connectivity index (χ1n) is 12.2. The van der Waals surface area contributed by atoms with Gasteiger partial charge >= 0.3 is 5.97 Å². The van der Waals surface area contributed by atoms with Crippen molar-refractivity contribution >= 4 is 23.4 Å². The summed E-state index contributed by atoms with van der Waals surface area (Å²) >= 11 is 1.32. The molecule has 2 aromatic carbocycles. The van der Waals surface area contributed by atoms with Crippen LogP contribution in [0.3, 0.4) is 0 Å². The molecule has 1 atom stereocenters. The van der Waals surface area contributed by atoms with Crippen LogP contribution >= 0.6 is 11.3 Å². The van der Waals surface area contributed by atoms with Crippen LogP contribution in [0, 0.1) is 0 Å². The molecule has 0 saturated heterocycles. The number of rotatable bonds is 6. The average Bonchev–Trinajstić information content (AvgIpc) is 3.13. The number of hydrogen-bond donors (Lipinski definition) is 0. The fourth-order valence-corrected chi connectivity index (χ4v) is 5.30. The Morgan fingerprint density at radius 2 is 1.72 bits per heavy atom. The smallest absolute Gasteiger partial charge is 0.338 e. The number of esters is 1. The second-order valence-corrected chi connectivity index (χ2v) is 10.7. The molecule has 0 saturated carbocycles. The van der Waals surface area contributed by atoms with Crippen LogP contribution in [-0.2, 0) is 14.9 Å². The van der Waals surface area contributed by atoms with E-state index in [2.05, 4.69) is 37.9 Å². The Labute approximate surface area is 215 Å². The summed E-state index contributed by atoms with van der Waals surface area (Å²) in [5.41, 5.74) is 3.74. The van der Waals surface area contributed by atoms with Crippen LogP contribution in [0.2, 0.25) is 0 Å². The number of thiazole rings is 1. The van der Waals surface area contributed by atoms with Crippen LogP contribution in [0.15, 0.2) is 69.6 Å². The van der Waals surface area contributed by atoms with E-state index in [1.54, 1.807) is 18.4 Å². The van der Waals surface area contributed by atoms with Crippen molar-refractivity contribution in [3.8, 4) is 5.75 Å². The molecule has 36 heavy (non-hydrogen) atoms. The van der Waals surface area contributed by atoms with E-state index >= 15 is 0 Å². The minimum absolute atomic E-state index is 0.0522. The van der Waals surface area contributed by atoms with Crippen LogP contribution in [0.5, 0.6) is 5.75 Å². The highest BCUT2D eigenvalue weighted by Gasteiger charge is 2.33. The number of carbonyl (C=O) groups is 1. The molecular weight excluding hydrogens is 472 g/mol. The van der Waals surface area contributed by atoms with Crippen molar-refractivity contribution in [1.29, 1.82) is 0 Å². The van der Waals surface area contributed by atoms with Gasteiger partial charge in [-0.3, -0.25) is 9.36 Å². The van der Waals surface area contributed by atoms with Crippen LogP contribution in [0.4, 0.5) is 0 Å². The Kier molecular flexibility index (Phi) is 7.31. The number of aromatic nitrogens is 1. The first-order chi connectivity index (χ1) is 17.1. The summed E-state index contributed by atoms with van der Waals surface area (Å²) in [7, 11) is 0. The number of benzene rings is 2. The van der Waals surface area contributed by atoms with Crippen molar-refractivity contribution in [3.63, 3.8) is 0 Å². The SMILES string of the molecule is CCOC(=O)C1=C(C)N=c2s/c(=C\c3ccc(C(C)(C)C)cc3)c(=O)n2[C@H]1c1ccc(OCC)cc1. The van der Waals surface area contributed by atoms with Gasteiger partial charge in [-0.15, -0.1) is 0 Å². The van der Waals surface area contributed by atoms with Crippen LogP contribution < -0.4 is 19.6 Å². The third kappa shape index (κ3) is 5.07. The van der Waals surface area contributed by atoms with Crippen molar-refractivity contribution in [1.82, 2.24) is 4.57 Å². The van der Waals surface area contributed by atoms with Gasteiger partial charge in [0.05, 0.1) is 35.1 Å². The molecule has 0 bridgehead atoms. The molecule has 188 valence electrons. The lowest BCUT2D eigenvalue weighted by molar-refractivity contribution is -0.139. The predicted octanol–water partition coefficient (Wildman–Crippen LogP) is 4.49. The Bertz CT molecular complexity index is 1470. The van der Waals surface area contributed by atoms with Gasteiger partial charge in [0, 0.05) is 0 Å². The van der Waals surface area contributed by atoms with Gasteiger partial charge in [0.15, 0.2) is 4.80 Å². The molecule has 0 unspecified atom stereocenters. The summed E-state index contributed by atoms with van der Waals surface area (Å²) in [6.45, 7) is 12.8. The number of carbonyl (C=O) groups excluding carboxylic acids is 1. The molecule has 7 heteroatoms.